The Morgan fingerprint density at radius 2 is 2.36 bits per heavy atom. The predicted molar refractivity (Wildman–Crippen MR) is 81.8 cm³/mol. The first-order valence-corrected chi connectivity index (χ1v) is 7.40. The summed E-state index contributed by atoms with van der Waals surface area (Å²) in [4.78, 5) is 24.8. The van der Waals surface area contributed by atoms with Crippen LogP contribution in [-0.2, 0) is 17.9 Å². The minimum atomic E-state index is -0.0537. The standard InChI is InChI=1S/C15H20N6O/c1-9-3-11(7-21-6-10(2)20-14(9)21)15(22)18-5-12-4-17-8-19-13(12)16/h4,6,8-9,11H,3,5,7H2,1-2H3,(H,18,22)(H2,16,17,19)/t9-,11+/m1/s1. The molecule has 1 aliphatic heterocycles. The molecule has 22 heavy (non-hydrogen) atoms. The van der Waals surface area contributed by atoms with E-state index in [0.717, 1.165) is 23.5 Å². The van der Waals surface area contributed by atoms with E-state index < -0.39 is 0 Å². The van der Waals surface area contributed by atoms with Crippen LogP contribution in [0.1, 0.15) is 36.3 Å². The molecule has 2 atom stereocenters. The fraction of sp³-hybridized carbons (Fsp3) is 0.467. The van der Waals surface area contributed by atoms with Crippen LogP contribution in [0.3, 0.4) is 0 Å². The summed E-state index contributed by atoms with van der Waals surface area (Å²) in [6, 6.07) is 0. The fourth-order valence-electron chi connectivity index (χ4n) is 2.97. The van der Waals surface area contributed by atoms with Crippen molar-refractivity contribution in [1.82, 2.24) is 24.8 Å². The first kappa shape index (κ1) is 14.5. The van der Waals surface area contributed by atoms with Gasteiger partial charge in [-0.15, -0.1) is 0 Å². The zero-order chi connectivity index (χ0) is 15.7. The van der Waals surface area contributed by atoms with E-state index >= 15 is 0 Å². The Bertz CT molecular complexity index is 695. The number of fused-ring (bicyclic) bond motifs is 1. The maximum absolute atomic E-state index is 12.4. The van der Waals surface area contributed by atoms with E-state index in [0.29, 0.717) is 18.9 Å². The zero-order valence-electron chi connectivity index (χ0n) is 12.8. The second kappa shape index (κ2) is 5.75. The van der Waals surface area contributed by atoms with Gasteiger partial charge in [-0.2, -0.15) is 0 Å². The molecule has 0 bridgehead atoms. The van der Waals surface area contributed by atoms with Crippen molar-refractivity contribution in [2.75, 3.05) is 5.73 Å². The summed E-state index contributed by atoms with van der Waals surface area (Å²) in [6.45, 7) is 5.12. The quantitative estimate of drug-likeness (QED) is 0.881. The minimum Gasteiger partial charge on any atom is -0.383 e. The molecule has 7 heteroatoms. The van der Waals surface area contributed by atoms with Gasteiger partial charge >= 0.3 is 0 Å². The molecule has 3 rings (SSSR count). The summed E-state index contributed by atoms with van der Waals surface area (Å²) < 4.78 is 2.09. The van der Waals surface area contributed by atoms with Crippen molar-refractivity contribution in [3.05, 3.63) is 35.8 Å². The van der Waals surface area contributed by atoms with E-state index in [1.165, 1.54) is 6.33 Å². The lowest BCUT2D eigenvalue weighted by Crippen LogP contribution is -2.36. The lowest BCUT2D eigenvalue weighted by molar-refractivity contribution is -0.126. The first-order valence-electron chi connectivity index (χ1n) is 7.40. The van der Waals surface area contributed by atoms with Crippen molar-refractivity contribution in [2.45, 2.75) is 39.3 Å². The topological polar surface area (TPSA) is 98.7 Å². The van der Waals surface area contributed by atoms with Crippen LogP contribution in [0.2, 0.25) is 0 Å². The molecular weight excluding hydrogens is 280 g/mol. The van der Waals surface area contributed by atoms with Gasteiger partial charge in [-0.1, -0.05) is 6.92 Å². The number of nitrogens with two attached hydrogens (primary N) is 1. The molecule has 0 aromatic carbocycles. The molecule has 0 spiro atoms. The van der Waals surface area contributed by atoms with E-state index in [1.807, 2.05) is 13.1 Å². The summed E-state index contributed by atoms with van der Waals surface area (Å²) in [5.74, 6) is 1.74. The maximum Gasteiger partial charge on any atom is 0.225 e. The monoisotopic (exact) mass is 300 g/mol. The number of nitrogen functional groups attached to an aromatic ring is 1. The maximum atomic E-state index is 12.4. The van der Waals surface area contributed by atoms with Crippen molar-refractivity contribution < 1.29 is 4.79 Å². The Balaban J connectivity index is 1.65. The van der Waals surface area contributed by atoms with E-state index in [1.54, 1.807) is 6.20 Å². The van der Waals surface area contributed by atoms with Gasteiger partial charge in [0.05, 0.1) is 11.6 Å². The van der Waals surface area contributed by atoms with Crippen LogP contribution in [0, 0.1) is 12.8 Å². The molecular formula is C15H20N6O. The summed E-state index contributed by atoms with van der Waals surface area (Å²) in [5.41, 5.74) is 7.49. The Hall–Kier alpha value is -2.44. The number of rotatable bonds is 3. The Morgan fingerprint density at radius 3 is 3.14 bits per heavy atom. The summed E-state index contributed by atoms with van der Waals surface area (Å²) >= 11 is 0. The number of carbonyl (C=O) groups excluding carboxylic acids is 1. The van der Waals surface area contributed by atoms with Gasteiger partial charge in [0.25, 0.3) is 0 Å². The summed E-state index contributed by atoms with van der Waals surface area (Å²) in [7, 11) is 0. The molecule has 7 nitrogen and oxygen atoms in total. The fourth-order valence-corrected chi connectivity index (χ4v) is 2.97. The lowest BCUT2D eigenvalue weighted by atomic mass is 9.91. The molecule has 116 valence electrons. The molecule has 1 amide bonds. The van der Waals surface area contributed by atoms with Gasteiger partial charge in [-0.05, 0) is 13.3 Å². The van der Waals surface area contributed by atoms with Crippen molar-refractivity contribution in [1.29, 1.82) is 0 Å². The van der Waals surface area contributed by atoms with E-state index in [2.05, 4.69) is 31.8 Å². The molecule has 0 saturated heterocycles. The molecule has 0 aliphatic carbocycles. The average molecular weight is 300 g/mol. The van der Waals surface area contributed by atoms with E-state index in [-0.39, 0.29) is 17.7 Å². The van der Waals surface area contributed by atoms with Gasteiger partial charge in [0, 0.05) is 37.0 Å². The second-order valence-electron chi connectivity index (χ2n) is 5.88. The molecule has 3 N–H and O–H groups in total. The largest absolute Gasteiger partial charge is 0.383 e. The van der Waals surface area contributed by atoms with E-state index in [9.17, 15) is 4.79 Å². The zero-order valence-corrected chi connectivity index (χ0v) is 12.8. The van der Waals surface area contributed by atoms with Crippen molar-refractivity contribution in [3.8, 4) is 0 Å². The Morgan fingerprint density at radius 1 is 1.55 bits per heavy atom. The van der Waals surface area contributed by atoms with Crippen LogP contribution in [-0.4, -0.2) is 25.4 Å². The Kier molecular flexibility index (Phi) is 3.79. The third-order valence-electron chi connectivity index (χ3n) is 4.07. The van der Waals surface area contributed by atoms with Gasteiger partial charge in [0.1, 0.15) is 18.0 Å². The van der Waals surface area contributed by atoms with Gasteiger partial charge < -0.3 is 15.6 Å². The highest BCUT2D eigenvalue weighted by Gasteiger charge is 2.30. The van der Waals surface area contributed by atoms with Crippen LogP contribution in [0.4, 0.5) is 5.82 Å². The van der Waals surface area contributed by atoms with Gasteiger partial charge in [-0.25, -0.2) is 15.0 Å². The molecule has 0 saturated carbocycles. The first-order chi connectivity index (χ1) is 10.5. The number of carbonyl (C=O) groups is 1. The third kappa shape index (κ3) is 2.79. The van der Waals surface area contributed by atoms with Crippen LogP contribution in [0.15, 0.2) is 18.7 Å². The highest BCUT2D eigenvalue weighted by atomic mass is 16.1. The van der Waals surface area contributed by atoms with Gasteiger partial charge in [0.2, 0.25) is 5.91 Å². The molecule has 2 aromatic rings. The van der Waals surface area contributed by atoms with Crippen LogP contribution >= 0.6 is 0 Å². The van der Waals surface area contributed by atoms with E-state index in [4.69, 9.17) is 5.73 Å². The number of amides is 1. The lowest BCUT2D eigenvalue weighted by Gasteiger charge is -2.27. The SMILES string of the molecule is Cc1cn2c(n1)[C@H](C)C[C@H](C(=O)NCc1cncnc1N)C2. The normalized spacial score (nSPS) is 20.5. The number of hydrogen-bond acceptors (Lipinski definition) is 5. The van der Waals surface area contributed by atoms with Crippen LogP contribution in [0.25, 0.3) is 0 Å². The highest BCUT2D eigenvalue weighted by molar-refractivity contribution is 5.79. The van der Waals surface area contributed by atoms with Crippen LogP contribution < -0.4 is 11.1 Å². The molecule has 0 fully saturated rings. The average Bonchev–Trinajstić information content (AvgIpc) is 2.87. The van der Waals surface area contributed by atoms with Crippen LogP contribution in [0.5, 0.6) is 0 Å². The summed E-state index contributed by atoms with van der Waals surface area (Å²) in [6.07, 6.45) is 5.84. The molecule has 2 aromatic heterocycles. The smallest absolute Gasteiger partial charge is 0.225 e. The second-order valence-corrected chi connectivity index (χ2v) is 5.88. The van der Waals surface area contributed by atoms with Crippen molar-refractivity contribution >= 4 is 11.7 Å². The number of anilines is 1. The molecule has 0 radical (unpaired) electrons. The van der Waals surface area contributed by atoms with Gasteiger partial charge in [-0.3, -0.25) is 4.79 Å². The summed E-state index contributed by atoms with van der Waals surface area (Å²) in [5, 5.41) is 2.93. The highest BCUT2D eigenvalue weighted by Crippen LogP contribution is 2.30. The molecule has 3 heterocycles. The number of nitrogens with zero attached hydrogens (tertiary/aromatic N) is 4. The number of imidazole rings is 1. The van der Waals surface area contributed by atoms with Crippen molar-refractivity contribution in [3.63, 3.8) is 0 Å². The number of aryl methyl sites for hydroxylation is 1. The predicted octanol–water partition coefficient (Wildman–Crippen LogP) is 1.00. The Labute approximate surface area is 129 Å². The van der Waals surface area contributed by atoms with Gasteiger partial charge in [0.15, 0.2) is 0 Å². The minimum absolute atomic E-state index is 0.0344. The number of aromatic nitrogens is 4. The molecule has 1 aliphatic rings. The number of hydrogen-bond donors (Lipinski definition) is 2. The number of nitrogens with one attached hydrogen (secondary N) is 1. The van der Waals surface area contributed by atoms with Crippen molar-refractivity contribution in [2.24, 2.45) is 5.92 Å². The third-order valence-corrected chi connectivity index (χ3v) is 4.07. The molecule has 0 unspecified atom stereocenters.